The Kier molecular flexibility index (Phi) is 10.2. The number of aromatic nitrogens is 4. The van der Waals surface area contributed by atoms with Crippen LogP contribution in [0.3, 0.4) is 0 Å². The van der Waals surface area contributed by atoms with Gasteiger partial charge in [0.1, 0.15) is 0 Å². The average Bonchev–Trinajstić information content (AvgIpc) is 3.11. The Morgan fingerprint density at radius 3 is 2.37 bits per heavy atom. The Bertz CT molecular complexity index is 780. The zero-order valence-corrected chi connectivity index (χ0v) is 17.7. The molecule has 0 fully saturated rings. The molecule has 0 unspecified atom stereocenters. The van der Waals surface area contributed by atoms with Crippen molar-refractivity contribution in [3.63, 3.8) is 0 Å². The maximum atomic E-state index is 4.11. The molecule has 1 aromatic heterocycles. The first-order valence-electron chi connectivity index (χ1n) is 8.17. The maximum absolute atomic E-state index is 4.11. The smallest absolute Gasteiger partial charge is 0.214 e. The number of nitrogens with zero attached hydrogens (tertiary/aromatic N) is 5. The van der Waals surface area contributed by atoms with Gasteiger partial charge in [-0.15, -0.1) is 29.9 Å². The van der Waals surface area contributed by atoms with Gasteiger partial charge in [-0.1, -0.05) is 42.1 Å². The summed E-state index contributed by atoms with van der Waals surface area (Å²) in [4.78, 5) is 2.10. The van der Waals surface area contributed by atoms with Gasteiger partial charge in [-0.25, -0.2) is 0 Å². The number of benzene rings is 2. The van der Waals surface area contributed by atoms with Crippen molar-refractivity contribution in [2.75, 3.05) is 31.3 Å². The van der Waals surface area contributed by atoms with Gasteiger partial charge in [-0.2, -0.15) is 4.68 Å². The number of para-hydroxylation sites is 1. The Balaban J connectivity index is 0.00000182. The lowest BCUT2D eigenvalue weighted by atomic mass is 10.2. The van der Waals surface area contributed by atoms with Gasteiger partial charge in [0.2, 0.25) is 5.16 Å². The number of rotatable bonds is 8. The summed E-state index contributed by atoms with van der Waals surface area (Å²) in [5, 5.41) is 16.2. The van der Waals surface area contributed by atoms with Crippen molar-refractivity contribution in [2.45, 2.75) is 11.7 Å². The van der Waals surface area contributed by atoms with Crippen molar-refractivity contribution in [1.29, 1.82) is 0 Å². The fourth-order valence-electron chi connectivity index (χ4n) is 2.36. The molecule has 0 aliphatic rings. The van der Waals surface area contributed by atoms with E-state index in [4.69, 9.17) is 0 Å². The molecule has 3 rings (SSSR count). The highest BCUT2D eigenvalue weighted by Gasteiger charge is 2.08. The van der Waals surface area contributed by atoms with Crippen LogP contribution < -0.4 is 10.2 Å². The molecule has 146 valence electrons. The molecule has 0 amide bonds. The van der Waals surface area contributed by atoms with E-state index in [0.717, 1.165) is 29.7 Å². The summed E-state index contributed by atoms with van der Waals surface area (Å²) in [7, 11) is 4.10. The van der Waals surface area contributed by atoms with Gasteiger partial charge in [0.05, 0.1) is 5.69 Å². The number of thioether (sulfide) groups is 1. The fraction of sp³-hybridized carbons (Fsp3) is 0.278. The molecule has 0 aliphatic heterocycles. The predicted octanol–water partition coefficient (Wildman–Crippen LogP) is 3.45. The first kappa shape index (κ1) is 23.2. The molecule has 0 aliphatic carbocycles. The molecule has 6 nitrogen and oxygen atoms in total. The molecule has 0 bridgehead atoms. The van der Waals surface area contributed by atoms with Crippen LogP contribution >= 0.6 is 36.6 Å². The van der Waals surface area contributed by atoms with Crippen LogP contribution in [-0.4, -0.2) is 46.6 Å². The van der Waals surface area contributed by atoms with Gasteiger partial charge in [0.15, 0.2) is 0 Å². The second-order valence-corrected chi connectivity index (χ2v) is 6.86. The largest absolute Gasteiger partial charge is 0.378 e. The average molecular weight is 427 g/mol. The highest BCUT2D eigenvalue weighted by Crippen LogP contribution is 2.17. The van der Waals surface area contributed by atoms with Crippen LogP contribution in [0.15, 0.2) is 59.8 Å². The number of nitrogens with one attached hydrogen (secondary N) is 1. The quantitative estimate of drug-likeness (QED) is 0.439. The van der Waals surface area contributed by atoms with Crippen molar-refractivity contribution >= 4 is 42.3 Å². The second kappa shape index (κ2) is 11.8. The molecule has 3 aromatic rings. The zero-order valence-electron chi connectivity index (χ0n) is 15.3. The van der Waals surface area contributed by atoms with Gasteiger partial charge >= 0.3 is 0 Å². The van der Waals surface area contributed by atoms with Crippen LogP contribution in [0.5, 0.6) is 0 Å². The van der Waals surface area contributed by atoms with E-state index in [2.05, 4.69) is 50.0 Å². The van der Waals surface area contributed by atoms with E-state index in [1.54, 1.807) is 16.4 Å². The minimum Gasteiger partial charge on any atom is -0.378 e. The van der Waals surface area contributed by atoms with E-state index in [1.165, 1.54) is 11.3 Å². The monoisotopic (exact) mass is 426 g/mol. The highest BCUT2D eigenvalue weighted by molar-refractivity contribution is 7.99. The van der Waals surface area contributed by atoms with Crippen LogP contribution in [0, 0.1) is 0 Å². The van der Waals surface area contributed by atoms with Crippen molar-refractivity contribution < 1.29 is 0 Å². The van der Waals surface area contributed by atoms with Crippen molar-refractivity contribution in [2.24, 2.45) is 0 Å². The molecule has 27 heavy (non-hydrogen) atoms. The van der Waals surface area contributed by atoms with Gasteiger partial charge in [-0.3, -0.25) is 0 Å². The summed E-state index contributed by atoms with van der Waals surface area (Å²) in [5.41, 5.74) is 3.47. The van der Waals surface area contributed by atoms with Gasteiger partial charge in [-0.05, 0) is 40.3 Å². The van der Waals surface area contributed by atoms with E-state index in [1.807, 2.05) is 44.4 Å². The summed E-state index contributed by atoms with van der Waals surface area (Å²) in [5.74, 6) is 0.906. The first-order valence-corrected chi connectivity index (χ1v) is 9.16. The van der Waals surface area contributed by atoms with Crippen LogP contribution in [0.4, 0.5) is 5.69 Å². The first-order chi connectivity index (χ1) is 12.2. The van der Waals surface area contributed by atoms with E-state index < -0.39 is 0 Å². The molecular weight excluding hydrogens is 403 g/mol. The molecule has 9 heteroatoms. The van der Waals surface area contributed by atoms with Crippen molar-refractivity contribution in [3.8, 4) is 5.69 Å². The minimum atomic E-state index is 0. The number of hydrogen-bond acceptors (Lipinski definition) is 6. The van der Waals surface area contributed by atoms with Crippen molar-refractivity contribution in [3.05, 3.63) is 60.2 Å². The molecule has 1 N–H and O–H groups in total. The maximum Gasteiger partial charge on any atom is 0.214 e. The number of halogens is 2. The van der Waals surface area contributed by atoms with Gasteiger partial charge < -0.3 is 10.2 Å². The zero-order chi connectivity index (χ0) is 17.5. The SMILES string of the molecule is CN(C)c1ccc(CNCCSc2nnnn2-c2ccccc2)cc1.Cl.Cl. The highest BCUT2D eigenvalue weighted by atomic mass is 35.5. The normalized spacial score (nSPS) is 10.0. The topological polar surface area (TPSA) is 58.9 Å². The van der Waals surface area contributed by atoms with E-state index in [9.17, 15) is 0 Å². The van der Waals surface area contributed by atoms with Crippen LogP contribution in [0.2, 0.25) is 0 Å². The lowest BCUT2D eigenvalue weighted by molar-refractivity contribution is 0.728. The van der Waals surface area contributed by atoms with Gasteiger partial charge in [0.25, 0.3) is 0 Å². The number of hydrogen-bond donors (Lipinski definition) is 1. The third kappa shape index (κ3) is 6.70. The standard InChI is InChI=1S/C18H22N6S.2ClH/c1-23(2)16-10-8-15(9-11-16)14-19-12-13-25-18-20-21-22-24(18)17-6-4-3-5-7-17;;/h3-11,19H,12-14H2,1-2H3;2*1H. The molecule has 1 heterocycles. The minimum absolute atomic E-state index is 0. The third-order valence-electron chi connectivity index (χ3n) is 3.73. The number of anilines is 1. The Hall–Kier alpha value is -1.80. The Morgan fingerprint density at radius 1 is 1.00 bits per heavy atom. The van der Waals surface area contributed by atoms with E-state index in [-0.39, 0.29) is 24.8 Å². The number of tetrazole rings is 1. The summed E-state index contributed by atoms with van der Waals surface area (Å²) in [6.45, 7) is 1.75. The van der Waals surface area contributed by atoms with Crippen LogP contribution in [-0.2, 0) is 6.54 Å². The fourth-order valence-corrected chi connectivity index (χ4v) is 3.15. The Morgan fingerprint density at radius 2 is 1.70 bits per heavy atom. The molecule has 0 atom stereocenters. The molecule has 0 saturated heterocycles. The summed E-state index contributed by atoms with van der Waals surface area (Å²) in [6, 6.07) is 18.5. The Labute approximate surface area is 176 Å². The molecular formula is C18H24Cl2N6S. The van der Waals surface area contributed by atoms with E-state index in [0.29, 0.717) is 0 Å². The summed E-state index contributed by atoms with van der Waals surface area (Å²) >= 11 is 1.65. The van der Waals surface area contributed by atoms with Crippen LogP contribution in [0.1, 0.15) is 5.56 Å². The molecule has 0 spiro atoms. The second-order valence-electron chi connectivity index (χ2n) is 5.79. The molecule has 2 aromatic carbocycles. The lowest BCUT2D eigenvalue weighted by Gasteiger charge is -2.12. The predicted molar refractivity (Wildman–Crippen MR) is 117 cm³/mol. The van der Waals surface area contributed by atoms with Gasteiger partial charge in [0, 0.05) is 38.6 Å². The third-order valence-corrected chi connectivity index (χ3v) is 4.65. The van der Waals surface area contributed by atoms with Crippen molar-refractivity contribution in [1.82, 2.24) is 25.5 Å². The molecule has 0 saturated carbocycles. The lowest BCUT2D eigenvalue weighted by Crippen LogP contribution is -2.17. The summed E-state index contributed by atoms with van der Waals surface area (Å²) in [6.07, 6.45) is 0. The van der Waals surface area contributed by atoms with Crippen LogP contribution in [0.25, 0.3) is 5.69 Å². The molecule has 0 radical (unpaired) electrons. The van der Waals surface area contributed by atoms with E-state index >= 15 is 0 Å². The summed E-state index contributed by atoms with van der Waals surface area (Å²) < 4.78 is 1.77.